The van der Waals surface area contributed by atoms with Crippen LogP contribution in [0.4, 0.5) is 5.13 Å². The summed E-state index contributed by atoms with van der Waals surface area (Å²) in [5.41, 5.74) is 1.08. The Bertz CT molecular complexity index is 1340. The fourth-order valence-electron chi connectivity index (χ4n) is 2.80. The van der Waals surface area contributed by atoms with Gasteiger partial charge >= 0.3 is 0 Å². The van der Waals surface area contributed by atoms with Crippen molar-refractivity contribution < 1.29 is 22.4 Å². The highest BCUT2D eigenvalue weighted by molar-refractivity contribution is 7.89. The molecule has 150 valence electrons. The molecule has 29 heavy (non-hydrogen) atoms. The molecule has 0 aliphatic rings. The lowest BCUT2D eigenvalue weighted by molar-refractivity contribution is 0.0998. The van der Waals surface area contributed by atoms with Crippen molar-refractivity contribution in [3.8, 4) is 5.75 Å². The maximum Gasteiger partial charge on any atom is 0.293 e. The number of aromatic nitrogens is 1. The van der Waals surface area contributed by atoms with E-state index >= 15 is 0 Å². The summed E-state index contributed by atoms with van der Waals surface area (Å²) >= 11 is 1.18. The number of amides is 1. The molecule has 4 rings (SSSR count). The lowest BCUT2D eigenvalue weighted by Crippen LogP contribution is -2.22. The molecule has 1 amide bonds. The maximum absolute atomic E-state index is 12.6. The van der Waals surface area contributed by atoms with Gasteiger partial charge in [0.15, 0.2) is 22.2 Å². The van der Waals surface area contributed by atoms with Crippen molar-refractivity contribution in [2.24, 2.45) is 0 Å². The SMILES string of the molecule is COc1cccc2cc(C(=O)Nc3nc4ccc(S(=O)(=O)N(C)C)cc4s3)oc12. The Morgan fingerprint density at radius 1 is 1.21 bits per heavy atom. The third-order valence-corrected chi connectivity index (χ3v) is 7.06. The lowest BCUT2D eigenvalue weighted by atomic mass is 10.2. The molecule has 0 atom stereocenters. The maximum atomic E-state index is 12.6. The average molecular weight is 431 g/mol. The van der Waals surface area contributed by atoms with Crippen LogP contribution in [0.2, 0.25) is 0 Å². The summed E-state index contributed by atoms with van der Waals surface area (Å²) in [7, 11) is 0.927. The second-order valence-electron chi connectivity index (χ2n) is 6.38. The molecule has 0 spiro atoms. The van der Waals surface area contributed by atoms with Gasteiger partial charge in [-0.25, -0.2) is 17.7 Å². The molecule has 10 heteroatoms. The number of ether oxygens (including phenoxy) is 1. The highest BCUT2D eigenvalue weighted by atomic mass is 32.2. The number of fused-ring (bicyclic) bond motifs is 2. The molecule has 0 radical (unpaired) electrons. The van der Waals surface area contributed by atoms with Crippen molar-refractivity contribution in [3.63, 3.8) is 0 Å². The van der Waals surface area contributed by atoms with Crippen LogP contribution < -0.4 is 10.1 Å². The molecule has 4 aromatic rings. The van der Waals surface area contributed by atoms with E-state index in [9.17, 15) is 13.2 Å². The molecule has 0 saturated carbocycles. The molecule has 1 N–H and O–H groups in total. The first-order chi connectivity index (χ1) is 13.8. The van der Waals surface area contributed by atoms with E-state index in [2.05, 4.69) is 10.3 Å². The molecule has 2 aromatic carbocycles. The normalized spacial score (nSPS) is 12.0. The Morgan fingerprint density at radius 2 is 2.00 bits per heavy atom. The lowest BCUT2D eigenvalue weighted by Gasteiger charge is -2.10. The van der Waals surface area contributed by atoms with Gasteiger partial charge in [0.05, 0.1) is 22.2 Å². The molecular weight excluding hydrogens is 414 g/mol. The molecule has 0 bridgehead atoms. The number of nitrogens with zero attached hydrogens (tertiary/aromatic N) is 2. The van der Waals surface area contributed by atoms with Gasteiger partial charge in [0.1, 0.15) is 0 Å². The summed E-state index contributed by atoms with van der Waals surface area (Å²) in [6, 6.07) is 11.7. The van der Waals surface area contributed by atoms with Crippen molar-refractivity contribution >= 4 is 53.6 Å². The van der Waals surface area contributed by atoms with E-state index in [1.807, 2.05) is 12.1 Å². The van der Waals surface area contributed by atoms with E-state index in [-0.39, 0.29) is 10.7 Å². The zero-order valence-electron chi connectivity index (χ0n) is 15.8. The van der Waals surface area contributed by atoms with Crippen LogP contribution in [0, 0.1) is 0 Å². The topological polar surface area (TPSA) is 102 Å². The van der Waals surface area contributed by atoms with Crippen molar-refractivity contribution in [1.29, 1.82) is 0 Å². The van der Waals surface area contributed by atoms with Gasteiger partial charge in [0.25, 0.3) is 5.91 Å². The number of furan rings is 1. The van der Waals surface area contributed by atoms with E-state index in [4.69, 9.17) is 9.15 Å². The Balaban J connectivity index is 1.63. The monoisotopic (exact) mass is 431 g/mol. The quantitative estimate of drug-likeness (QED) is 0.518. The number of anilines is 1. The summed E-state index contributed by atoms with van der Waals surface area (Å²) in [4.78, 5) is 17.1. The third-order valence-electron chi connectivity index (χ3n) is 4.31. The van der Waals surface area contributed by atoms with Crippen LogP contribution in [0.1, 0.15) is 10.6 Å². The molecule has 0 fully saturated rings. The first-order valence-corrected chi connectivity index (χ1v) is 10.8. The minimum Gasteiger partial charge on any atom is -0.493 e. The molecule has 2 heterocycles. The largest absolute Gasteiger partial charge is 0.493 e. The Hall–Kier alpha value is -2.95. The van der Waals surface area contributed by atoms with Gasteiger partial charge in [-0.2, -0.15) is 0 Å². The van der Waals surface area contributed by atoms with Crippen LogP contribution in [0.5, 0.6) is 5.75 Å². The highest BCUT2D eigenvalue weighted by Gasteiger charge is 2.20. The highest BCUT2D eigenvalue weighted by Crippen LogP contribution is 2.31. The number of sulfonamides is 1. The Labute approximate surface area is 170 Å². The number of methoxy groups -OCH3 is 1. The zero-order valence-corrected chi connectivity index (χ0v) is 17.4. The average Bonchev–Trinajstić information content (AvgIpc) is 3.30. The summed E-state index contributed by atoms with van der Waals surface area (Å²) in [6.07, 6.45) is 0. The van der Waals surface area contributed by atoms with Gasteiger partial charge in [-0.15, -0.1) is 0 Å². The van der Waals surface area contributed by atoms with Crippen molar-refractivity contribution in [1.82, 2.24) is 9.29 Å². The molecule has 0 saturated heterocycles. The van der Waals surface area contributed by atoms with E-state index in [1.165, 1.54) is 38.6 Å². The van der Waals surface area contributed by atoms with Gasteiger partial charge < -0.3 is 9.15 Å². The number of benzene rings is 2. The van der Waals surface area contributed by atoms with Crippen LogP contribution in [0.15, 0.2) is 51.8 Å². The first-order valence-electron chi connectivity index (χ1n) is 8.50. The van der Waals surface area contributed by atoms with Crippen molar-refractivity contribution in [3.05, 3.63) is 48.2 Å². The number of para-hydroxylation sites is 1. The zero-order chi connectivity index (χ0) is 20.8. The smallest absolute Gasteiger partial charge is 0.293 e. The summed E-state index contributed by atoms with van der Waals surface area (Å²) in [5.74, 6) is 0.208. The number of hydrogen-bond acceptors (Lipinski definition) is 7. The fraction of sp³-hybridized carbons (Fsp3) is 0.158. The predicted octanol–water partition coefficient (Wildman–Crippen LogP) is 3.55. The number of carbonyl (C=O) groups is 1. The molecule has 8 nitrogen and oxygen atoms in total. The second-order valence-corrected chi connectivity index (χ2v) is 9.56. The van der Waals surface area contributed by atoms with E-state index < -0.39 is 15.9 Å². The van der Waals surface area contributed by atoms with Crippen LogP contribution in [0.25, 0.3) is 21.2 Å². The second kappa shape index (κ2) is 7.14. The van der Waals surface area contributed by atoms with Gasteiger partial charge in [0, 0.05) is 19.5 Å². The van der Waals surface area contributed by atoms with Gasteiger partial charge in [0.2, 0.25) is 10.0 Å². The summed E-state index contributed by atoms with van der Waals surface area (Å²) in [5, 5.41) is 3.79. The van der Waals surface area contributed by atoms with Crippen molar-refractivity contribution in [2.75, 3.05) is 26.5 Å². The predicted molar refractivity (Wildman–Crippen MR) is 111 cm³/mol. The molecule has 0 unspecified atom stereocenters. The number of carbonyl (C=O) groups excluding carboxylic acids is 1. The number of hydrogen-bond donors (Lipinski definition) is 1. The van der Waals surface area contributed by atoms with Gasteiger partial charge in [-0.05, 0) is 30.3 Å². The minimum atomic E-state index is -3.55. The molecule has 2 aromatic heterocycles. The Kier molecular flexibility index (Phi) is 4.77. The van der Waals surface area contributed by atoms with Crippen molar-refractivity contribution in [2.45, 2.75) is 4.90 Å². The van der Waals surface area contributed by atoms with Crippen LogP contribution in [-0.2, 0) is 10.0 Å². The number of rotatable bonds is 5. The summed E-state index contributed by atoms with van der Waals surface area (Å²) < 4.78 is 37.3. The van der Waals surface area contributed by atoms with Crippen LogP contribution in [0.3, 0.4) is 0 Å². The van der Waals surface area contributed by atoms with E-state index in [1.54, 1.807) is 24.3 Å². The molecule has 0 aliphatic carbocycles. The summed E-state index contributed by atoms with van der Waals surface area (Å²) in [6.45, 7) is 0. The van der Waals surface area contributed by atoms with E-state index in [0.29, 0.717) is 26.7 Å². The Morgan fingerprint density at radius 3 is 2.72 bits per heavy atom. The van der Waals surface area contributed by atoms with Gasteiger partial charge in [-0.3, -0.25) is 10.1 Å². The standard InChI is InChI=1S/C19H17N3O5S2/c1-22(2)29(24,25)12-7-8-13-16(10-12)28-19(20-13)21-18(23)15-9-11-5-4-6-14(26-3)17(11)27-15/h4-10H,1-3H3,(H,20,21,23). The number of nitrogens with one attached hydrogen (secondary N) is 1. The van der Waals surface area contributed by atoms with Crippen LogP contribution in [-0.4, -0.2) is 44.8 Å². The first kappa shape index (κ1) is 19.4. The minimum absolute atomic E-state index is 0.125. The molecular formula is C19H17N3O5S2. The van der Waals surface area contributed by atoms with Crippen LogP contribution >= 0.6 is 11.3 Å². The molecule has 0 aliphatic heterocycles. The third kappa shape index (κ3) is 3.46. The number of thiazole rings is 1. The van der Waals surface area contributed by atoms with E-state index in [0.717, 1.165) is 9.69 Å². The fourth-order valence-corrected chi connectivity index (χ4v) is 4.70. The van der Waals surface area contributed by atoms with Gasteiger partial charge in [-0.1, -0.05) is 23.5 Å².